The number of fused-ring (bicyclic) bond motifs is 1. The Morgan fingerprint density at radius 1 is 1.46 bits per heavy atom. The number of rotatable bonds is 1. The van der Waals surface area contributed by atoms with Gasteiger partial charge in [-0.1, -0.05) is 15.9 Å². The molecule has 68 valence electrons. The van der Waals surface area contributed by atoms with Crippen molar-refractivity contribution in [2.24, 2.45) is 0 Å². The molecule has 13 heavy (non-hydrogen) atoms. The Kier molecular flexibility index (Phi) is 2.25. The average Bonchev–Trinajstić information content (AvgIpc) is 2.47. The van der Waals surface area contributed by atoms with Crippen molar-refractivity contribution in [2.45, 2.75) is 0 Å². The molecule has 0 bridgehead atoms. The molecule has 0 amide bonds. The highest BCUT2D eigenvalue weighted by molar-refractivity contribution is 9.10. The molecule has 2 nitrogen and oxygen atoms in total. The fourth-order valence-corrected chi connectivity index (χ4v) is 1.92. The van der Waals surface area contributed by atoms with Gasteiger partial charge in [0.2, 0.25) is 5.52 Å². The van der Waals surface area contributed by atoms with Gasteiger partial charge in [0.05, 0.1) is 0 Å². The van der Waals surface area contributed by atoms with Crippen molar-refractivity contribution < 1.29 is 12.2 Å². The van der Waals surface area contributed by atoms with Gasteiger partial charge >= 0.3 is 0 Å². The number of nitrogens with one attached hydrogen (secondary N) is 1. The van der Waals surface area contributed by atoms with E-state index in [1.54, 1.807) is 6.07 Å². The second kappa shape index (κ2) is 3.26. The Hall–Kier alpha value is -0.620. The van der Waals surface area contributed by atoms with Crippen LogP contribution in [0.3, 0.4) is 0 Å². The maximum absolute atomic E-state index is 13.3. The van der Waals surface area contributed by atoms with E-state index in [0.29, 0.717) is 9.99 Å². The zero-order valence-electron chi connectivity index (χ0n) is 6.22. The van der Waals surface area contributed by atoms with Gasteiger partial charge in [0.1, 0.15) is 0 Å². The van der Waals surface area contributed by atoms with Gasteiger partial charge in [0.15, 0.2) is 11.3 Å². The van der Waals surface area contributed by atoms with Crippen LogP contribution in [0.15, 0.2) is 22.9 Å². The molecule has 0 aliphatic carbocycles. The summed E-state index contributed by atoms with van der Waals surface area (Å²) in [5, 5.41) is 0. The highest BCUT2D eigenvalue weighted by Gasteiger charge is 2.16. The molecule has 0 fully saturated rings. The molecule has 0 saturated carbocycles. The molecule has 1 N–H and O–H groups in total. The quantitative estimate of drug-likeness (QED) is 0.786. The summed E-state index contributed by atoms with van der Waals surface area (Å²) in [6.07, 6.45) is 1.37. The number of hydrogen-bond donors (Lipinski definition) is 1. The summed E-state index contributed by atoms with van der Waals surface area (Å²) in [6.45, 7) is 0. The van der Waals surface area contributed by atoms with Gasteiger partial charge in [-0.2, -0.15) is 0 Å². The topological polar surface area (TPSA) is 19.7 Å². The van der Waals surface area contributed by atoms with Crippen LogP contribution in [0, 0.1) is 5.82 Å². The minimum Gasteiger partial charge on any atom is -0.242 e. The normalized spacial score (nSPS) is 11.0. The van der Waals surface area contributed by atoms with Crippen LogP contribution < -0.4 is 3.97 Å². The highest BCUT2D eigenvalue weighted by atomic mass is 79.9. The lowest BCUT2D eigenvalue weighted by atomic mass is 10.3. The molecule has 0 aliphatic heterocycles. The number of H-pyrrole nitrogens is 1. The maximum atomic E-state index is 13.3. The summed E-state index contributed by atoms with van der Waals surface area (Å²) < 4.78 is 27.2. The number of benzene rings is 1. The lowest BCUT2D eigenvalue weighted by Gasteiger charge is -1.91. The van der Waals surface area contributed by atoms with E-state index in [9.17, 15) is 8.28 Å². The number of aromatic amines is 1. The first kappa shape index (κ1) is 8.96. The van der Waals surface area contributed by atoms with E-state index in [-0.39, 0.29) is 17.9 Å². The second-order valence-corrected chi connectivity index (χ2v) is 3.90. The Morgan fingerprint density at radius 3 is 2.92 bits per heavy atom. The van der Waals surface area contributed by atoms with Crippen LogP contribution in [0.2, 0.25) is 0 Å². The van der Waals surface area contributed by atoms with Crippen LogP contribution in [-0.4, -0.2) is 4.98 Å². The molecule has 0 unspecified atom stereocenters. The molecule has 0 atom stereocenters. The number of nitrogens with zero attached hydrogens (tertiary/aromatic N) is 1. The van der Waals surface area contributed by atoms with E-state index >= 15 is 0 Å². The predicted molar refractivity (Wildman–Crippen MR) is 50.2 cm³/mol. The zero-order valence-corrected chi connectivity index (χ0v) is 8.62. The lowest BCUT2D eigenvalue weighted by Crippen LogP contribution is -2.20. The summed E-state index contributed by atoms with van der Waals surface area (Å²) in [5.41, 5.74) is 0.771. The standard InChI is InChI=1S/C7H3BrF2N2S/c8-4-1-5(9)7-6(2-4)11-3-12(7)13-10/h1-3H/p+1. The zero-order chi connectivity index (χ0) is 9.42. The first-order valence-electron chi connectivity index (χ1n) is 3.39. The predicted octanol–water partition coefficient (Wildman–Crippen LogP) is 2.74. The smallest absolute Gasteiger partial charge is 0.242 e. The molecule has 1 aromatic carbocycles. The third kappa shape index (κ3) is 1.44. The summed E-state index contributed by atoms with van der Waals surface area (Å²) in [5.74, 6) is -0.462. The summed E-state index contributed by atoms with van der Waals surface area (Å²) in [7, 11) is 0. The molecule has 2 aromatic rings. The van der Waals surface area contributed by atoms with Crippen molar-refractivity contribution in [3.05, 3.63) is 28.7 Å². The first-order valence-corrected chi connectivity index (χ1v) is 4.86. The number of imidazole rings is 1. The summed E-state index contributed by atoms with van der Waals surface area (Å²) in [6, 6.07) is 2.98. The highest BCUT2D eigenvalue weighted by Crippen LogP contribution is 2.20. The van der Waals surface area contributed by atoms with E-state index in [2.05, 4.69) is 20.9 Å². The molecule has 1 aromatic heterocycles. The molecule has 2 rings (SSSR count). The second-order valence-electron chi connectivity index (χ2n) is 2.45. The molecule has 6 heteroatoms. The number of halogens is 3. The van der Waals surface area contributed by atoms with Crippen molar-refractivity contribution >= 4 is 39.3 Å². The Bertz CT molecular complexity index is 457. The Balaban J connectivity index is 2.82. The summed E-state index contributed by atoms with van der Waals surface area (Å²) >= 11 is 3.10. The molecule has 0 spiro atoms. The molecular weight excluding hydrogens is 262 g/mol. The van der Waals surface area contributed by atoms with Gasteiger partial charge in [-0.25, -0.2) is 9.37 Å². The van der Waals surface area contributed by atoms with Crippen molar-refractivity contribution in [3.8, 4) is 0 Å². The van der Waals surface area contributed by atoms with Crippen LogP contribution >= 0.6 is 28.3 Å². The van der Waals surface area contributed by atoms with Crippen LogP contribution in [0.5, 0.6) is 0 Å². The monoisotopic (exact) mass is 265 g/mol. The molecule has 0 aliphatic rings. The van der Waals surface area contributed by atoms with Crippen molar-refractivity contribution in [2.75, 3.05) is 0 Å². The van der Waals surface area contributed by atoms with Gasteiger partial charge in [-0.3, -0.25) is 0 Å². The fourth-order valence-electron chi connectivity index (χ4n) is 1.15. The first-order chi connectivity index (χ1) is 6.22. The van der Waals surface area contributed by atoms with Crippen molar-refractivity contribution in [3.63, 3.8) is 0 Å². The number of hydrogen-bond acceptors (Lipinski definition) is 1. The van der Waals surface area contributed by atoms with Crippen LogP contribution in [-0.2, 0) is 0 Å². The maximum Gasteiger partial charge on any atom is 0.278 e. The largest absolute Gasteiger partial charge is 0.278 e. The van der Waals surface area contributed by atoms with Crippen LogP contribution in [0.4, 0.5) is 8.28 Å². The van der Waals surface area contributed by atoms with E-state index in [0.717, 1.165) is 3.97 Å². The lowest BCUT2D eigenvalue weighted by molar-refractivity contribution is -0.468. The van der Waals surface area contributed by atoms with E-state index in [1.807, 2.05) is 0 Å². The Morgan fingerprint density at radius 2 is 2.23 bits per heavy atom. The number of aromatic nitrogens is 2. The fraction of sp³-hybridized carbons (Fsp3) is 0. The summed E-state index contributed by atoms with van der Waals surface area (Å²) in [4.78, 5) is 2.75. The minimum absolute atomic E-state index is 0.0449. The van der Waals surface area contributed by atoms with E-state index < -0.39 is 5.82 Å². The minimum atomic E-state index is -0.462. The van der Waals surface area contributed by atoms with Crippen molar-refractivity contribution in [1.29, 1.82) is 0 Å². The SMILES string of the molecule is FS[n+]1c[nH]c2cc(Br)cc(F)c21. The van der Waals surface area contributed by atoms with Crippen molar-refractivity contribution in [1.82, 2.24) is 4.98 Å². The van der Waals surface area contributed by atoms with E-state index in [4.69, 9.17) is 0 Å². The van der Waals surface area contributed by atoms with Crippen LogP contribution in [0.1, 0.15) is 0 Å². The third-order valence-electron chi connectivity index (χ3n) is 1.66. The van der Waals surface area contributed by atoms with Gasteiger partial charge in [-0.15, -0.1) is 7.86 Å². The van der Waals surface area contributed by atoms with Crippen LogP contribution in [0.25, 0.3) is 11.0 Å². The molecular formula is C7H4BrF2N2S+. The Labute approximate surface area is 85.5 Å². The average molecular weight is 266 g/mol. The third-order valence-corrected chi connectivity index (χ3v) is 2.55. The van der Waals surface area contributed by atoms with Gasteiger partial charge in [0, 0.05) is 10.5 Å². The molecule has 0 radical (unpaired) electrons. The van der Waals surface area contributed by atoms with Gasteiger partial charge in [0.25, 0.3) is 18.7 Å². The van der Waals surface area contributed by atoms with Gasteiger partial charge in [-0.05, 0) is 6.07 Å². The van der Waals surface area contributed by atoms with E-state index in [1.165, 1.54) is 12.4 Å². The molecule has 1 heterocycles. The molecule has 0 saturated heterocycles. The van der Waals surface area contributed by atoms with Gasteiger partial charge < -0.3 is 0 Å².